The van der Waals surface area contributed by atoms with Gasteiger partial charge in [0.05, 0.1) is 18.7 Å². The number of nitrogens with zero attached hydrogens (tertiary/aromatic N) is 2. The maximum absolute atomic E-state index is 13.5. The van der Waals surface area contributed by atoms with Crippen molar-refractivity contribution in [3.63, 3.8) is 0 Å². The summed E-state index contributed by atoms with van der Waals surface area (Å²) >= 11 is 1.84. The second-order valence-corrected chi connectivity index (χ2v) is 11.9. The van der Waals surface area contributed by atoms with E-state index in [4.69, 9.17) is 14.2 Å². The van der Waals surface area contributed by atoms with Crippen molar-refractivity contribution in [2.75, 3.05) is 33.9 Å². The van der Waals surface area contributed by atoms with Gasteiger partial charge in [-0.25, -0.2) is 0 Å². The van der Waals surface area contributed by atoms with E-state index in [1.54, 1.807) is 7.11 Å². The van der Waals surface area contributed by atoms with Gasteiger partial charge in [0, 0.05) is 31.1 Å². The van der Waals surface area contributed by atoms with Crippen LogP contribution in [0.5, 0.6) is 5.75 Å². The van der Waals surface area contributed by atoms with E-state index in [2.05, 4.69) is 44.3 Å². The molecule has 3 atom stereocenters. The molecule has 7 heteroatoms. The smallest absolute Gasteiger partial charge is 0.254 e. The van der Waals surface area contributed by atoms with Gasteiger partial charge in [0.1, 0.15) is 18.0 Å². The van der Waals surface area contributed by atoms with Gasteiger partial charge in [0.15, 0.2) is 0 Å². The largest absolute Gasteiger partial charge is 0.486 e. The van der Waals surface area contributed by atoms with Gasteiger partial charge >= 0.3 is 0 Å². The van der Waals surface area contributed by atoms with Gasteiger partial charge in [0.25, 0.3) is 5.91 Å². The van der Waals surface area contributed by atoms with Gasteiger partial charge in [-0.2, -0.15) is 0 Å². The molecular formula is C30H42N2O4S. The van der Waals surface area contributed by atoms with E-state index < -0.39 is 0 Å². The Bertz CT molecular complexity index is 1080. The van der Waals surface area contributed by atoms with Crippen LogP contribution in [0.2, 0.25) is 0 Å². The van der Waals surface area contributed by atoms with Crippen molar-refractivity contribution in [3.8, 4) is 5.75 Å². The van der Waals surface area contributed by atoms with Gasteiger partial charge in [-0.3, -0.25) is 9.10 Å². The summed E-state index contributed by atoms with van der Waals surface area (Å²) in [6.07, 6.45) is 2.55. The van der Waals surface area contributed by atoms with Crippen LogP contribution in [0.1, 0.15) is 60.7 Å². The lowest BCUT2D eigenvalue weighted by Gasteiger charge is -2.39. The minimum atomic E-state index is -0.210. The van der Waals surface area contributed by atoms with Crippen LogP contribution in [-0.4, -0.2) is 72.8 Å². The van der Waals surface area contributed by atoms with Crippen molar-refractivity contribution >= 4 is 17.9 Å². The van der Waals surface area contributed by atoms with Crippen LogP contribution in [0, 0.1) is 6.92 Å². The van der Waals surface area contributed by atoms with Crippen LogP contribution < -0.4 is 4.74 Å². The second kappa shape index (κ2) is 12.2. The number of carbonyl (C=O) groups excluding carboxylic acids is 1. The molecule has 1 amide bonds. The van der Waals surface area contributed by atoms with E-state index >= 15 is 0 Å². The van der Waals surface area contributed by atoms with Crippen molar-refractivity contribution in [2.45, 2.75) is 76.6 Å². The fourth-order valence-corrected chi connectivity index (χ4v) is 6.33. The second-order valence-electron chi connectivity index (χ2n) is 10.8. The molecule has 0 N–H and O–H groups in total. The Hall–Kier alpha value is -2.06. The molecule has 202 valence electrons. The maximum atomic E-state index is 13.5. The number of likely N-dealkylation sites (tertiary alicyclic amines) is 1. The third-order valence-electron chi connectivity index (χ3n) is 7.57. The Balaban J connectivity index is 1.38. The first-order valence-electron chi connectivity index (χ1n) is 13.4. The van der Waals surface area contributed by atoms with Crippen molar-refractivity contribution in [2.24, 2.45) is 0 Å². The third kappa shape index (κ3) is 6.88. The van der Waals surface area contributed by atoms with Gasteiger partial charge in [-0.15, -0.1) is 0 Å². The first-order chi connectivity index (χ1) is 17.7. The predicted octanol–water partition coefficient (Wildman–Crippen LogP) is 5.51. The Morgan fingerprint density at radius 1 is 1.19 bits per heavy atom. The molecule has 0 aliphatic carbocycles. The molecule has 0 radical (unpaired) electrons. The summed E-state index contributed by atoms with van der Waals surface area (Å²) in [5.41, 5.74) is 4.08. The van der Waals surface area contributed by atoms with Crippen LogP contribution in [-0.2, 0) is 21.6 Å². The molecule has 2 saturated heterocycles. The summed E-state index contributed by atoms with van der Waals surface area (Å²) < 4.78 is 20.4. The van der Waals surface area contributed by atoms with Crippen molar-refractivity contribution in [1.29, 1.82) is 0 Å². The highest BCUT2D eigenvalue weighted by Crippen LogP contribution is 2.31. The number of carbonyl (C=O) groups is 1. The fourth-order valence-electron chi connectivity index (χ4n) is 5.41. The predicted molar refractivity (Wildman–Crippen MR) is 150 cm³/mol. The summed E-state index contributed by atoms with van der Waals surface area (Å²) in [6.45, 7) is 10.3. The minimum Gasteiger partial charge on any atom is -0.486 e. The molecule has 6 nitrogen and oxygen atoms in total. The molecule has 0 spiro atoms. The Morgan fingerprint density at radius 2 is 1.95 bits per heavy atom. The van der Waals surface area contributed by atoms with E-state index in [1.807, 2.05) is 54.1 Å². The lowest BCUT2D eigenvalue weighted by atomic mass is 9.94. The Labute approximate surface area is 226 Å². The number of amides is 1. The zero-order chi connectivity index (χ0) is 26.6. The molecule has 2 aliphatic heterocycles. The van der Waals surface area contributed by atoms with E-state index in [1.165, 1.54) is 5.56 Å². The number of methoxy groups -OCH3 is 1. The van der Waals surface area contributed by atoms with Gasteiger partial charge in [-0.05, 0) is 75.9 Å². The average molecular weight is 527 g/mol. The summed E-state index contributed by atoms with van der Waals surface area (Å²) in [5.74, 6) is 1.76. The normalized spacial score (nSPS) is 23.4. The molecule has 4 rings (SSSR count). The zero-order valence-electron chi connectivity index (χ0n) is 23.2. The minimum absolute atomic E-state index is 0.0583. The first kappa shape index (κ1) is 28.0. The number of aryl methyl sites for hydroxylation is 2. The monoisotopic (exact) mass is 526 g/mol. The van der Waals surface area contributed by atoms with Gasteiger partial charge in [-0.1, -0.05) is 49.2 Å². The Morgan fingerprint density at radius 3 is 2.68 bits per heavy atom. The van der Waals surface area contributed by atoms with E-state index in [0.717, 1.165) is 54.1 Å². The van der Waals surface area contributed by atoms with Gasteiger partial charge in [0.2, 0.25) is 0 Å². The lowest BCUT2D eigenvalue weighted by Crippen LogP contribution is -2.42. The highest BCUT2D eigenvalue weighted by Gasteiger charge is 2.38. The summed E-state index contributed by atoms with van der Waals surface area (Å²) in [6, 6.07) is 14.9. The van der Waals surface area contributed by atoms with Crippen molar-refractivity contribution in [1.82, 2.24) is 9.21 Å². The molecule has 0 bridgehead atoms. The molecule has 2 aromatic rings. The standard InChI is InChI=1S/C30H42N2O4S/c1-7-23-12-8-10-21(2)28(23)29(33)32-18-26(34-6)27(19-32)36-25-13-9-11-22(16-25)20-37-31(5)24-14-15-35-30(3,4)17-24/h8-13,16,24,26-27H,7,14-15,17-20H2,1-6H3. The summed E-state index contributed by atoms with van der Waals surface area (Å²) in [5, 5.41) is 0. The molecule has 2 aromatic carbocycles. The molecule has 2 fully saturated rings. The number of ether oxygens (including phenoxy) is 3. The summed E-state index contributed by atoms with van der Waals surface area (Å²) in [7, 11) is 3.88. The van der Waals surface area contributed by atoms with Crippen LogP contribution in [0.3, 0.4) is 0 Å². The average Bonchev–Trinajstić information content (AvgIpc) is 3.29. The van der Waals surface area contributed by atoms with Crippen LogP contribution in [0.25, 0.3) is 0 Å². The molecule has 0 saturated carbocycles. The van der Waals surface area contributed by atoms with Crippen LogP contribution in [0.15, 0.2) is 42.5 Å². The van der Waals surface area contributed by atoms with E-state index in [0.29, 0.717) is 19.1 Å². The zero-order valence-corrected chi connectivity index (χ0v) is 24.0. The maximum Gasteiger partial charge on any atom is 0.254 e. The highest BCUT2D eigenvalue weighted by molar-refractivity contribution is 7.96. The van der Waals surface area contributed by atoms with Crippen LogP contribution in [0.4, 0.5) is 0 Å². The fraction of sp³-hybridized carbons (Fsp3) is 0.567. The lowest BCUT2D eigenvalue weighted by molar-refractivity contribution is -0.0700. The van der Waals surface area contributed by atoms with E-state index in [9.17, 15) is 4.79 Å². The van der Waals surface area contributed by atoms with Crippen molar-refractivity contribution in [3.05, 3.63) is 64.7 Å². The number of benzene rings is 2. The quantitative estimate of drug-likeness (QED) is 0.402. The first-order valence-corrected chi connectivity index (χ1v) is 14.3. The summed E-state index contributed by atoms with van der Waals surface area (Å²) in [4.78, 5) is 15.4. The van der Waals surface area contributed by atoms with E-state index in [-0.39, 0.29) is 23.7 Å². The molecule has 37 heavy (non-hydrogen) atoms. The van der Waals surface area contributed by atoms with Gasteiger partial charge < -0.3 is 19.1 Å². The SMILES string of the molecule is CCc1cccc(C)c1C(=O)N1CC(OC)C(Oc2cccc(CSN(C)C3CCOC(C)(C)C3)c2)C1. The molecular weight excluding hydrogens is 484 g/mol. The van der Waals surface area contributed by atoms with Crippen LogP contribution >= 0.6 is 11.9 Å². The molecule has 2 aliphatic rings. The van der Waals surface area contributed by atoms with Crippen molar-refractivity contribution < 1.29 is 19.0 Å². The Kier molecular flexibility index (Phi) is 9.22. The number of hydrogen-bond acceptors (Lipinski definition) is 6. The molecule has 2 heterocycles. The third-order valence-corrected chi connectivity index (χ3v) is 8.73. The molecule has 3 unspecified atom stereocenters. The topological polar surface area (TPSA) is 51.2 Å². The highest BCUT2D eigenvalue weighted by atomic mass is 32.2. The molecule has 0 aromatic heterocycles. The number of rotatable bonds is 9. The number of hydrogen-bond donors (Lipinski definition) is 0.